The number of ether oxygens (including phenoxy) is 1. The number of aliphatic hydroxyl groups excluding tert-OH is 1. The summed E-state index contributed by atoms with van der Waals surface area (Å²) in [5, 5.41) is 11.9. The van der Waals surface area contributed by atoms with Crippen LogP contribution < -0.4 is 10.1 Å². The number of amides is 1. The van der Waals surface area contributed by atoms with Crippen molar-refractivity contribution >= 4 is 17.5 Å². The van der Waals surface area contributed by atoms with Crippen LogP contribution in [0.2, 0.25) is 5.02 Å². The van der Waals surface area contributed by atoms with Crippen molar-refractivity contribution in [1.29, 1.82) is 0 Å². The van der Waals surface area contributed by atoms with Gasteiger partial charge in [-0.15, -0.1) is 0 Å². The molecule has 4 nitrogen and oxygen atoms in total. The average molecular weight is 258 g/mol. The normalized spacial score (nSPS) is 10.0. The van der Waals surface area contributed by atoms with E-state index in [2.05, 4.69) is 5.32 Å². The fraction of sp³-hybridized carbons (Fsp3) is 0.417. The van der Waals surface area contributed by atoms with E-state index in [0.717, 1.165) is 0 Å². The van der Waals surface area contributed by atoms with Crippen molar-refractivity contribution in [2.45, 2.75) is 12.8 Å². The Morgan fingerprint density at radius 2 is 2.06 bits per heavy atom. The van der Waals surface area contributed by atoms with Gasteiger partial charge in [0.1, 0.15) is 5.75 Å². The molecule has 0 atom stereocenters. The topological polar surface area (TPSA) is 58.6 Å². The molecule has 2 N–H and O–H groups in total. The van der Waals surface area contributed by atoms with Gasteiger partial charge in [-0.2, -0.15) is 0 Å². The minimum absolute atomic E-state index is 0.0765. The summed E-state index contributed by atoms with van der Waals surface area (Å²) in [6.45, 7) is 0.907. The van der Waals surface area contributed by atoms with Crippen LogP contribution in [0.4, 0.5) is 0 Å². The number of halogens is 1. The molecular weight excluding hydrogens is 242 g/mol. The lowest BCUT2D eigenvalue weighted by Crippen LogP contribution is -2.26. The number of aliphatic hydroxyl groups is 1. The van der Waals surface area contributed by atoms with Crippen molar-refractivity contribution in [2.75, 3.05) is 19.8 Å². The summed E-state index contributed by atoms with van der Waals surface area (Å²) in [6.07, 6.45) is 0.873. The van der Waals surface area contributed by atoms with Crippen molar-refractivity contribution in [3.8, 4) is 5.75 Å². The number of carbonyl (C=O) groups excluding carboxylic acids is 1. The van der Waals surface area contributed by atoms with Crippen molar-refractivity contribution < 1.29 is 14.6 Å². The van der Waals surface area contributed by atoms with Crippen molar-refractivity contribution in [3.05, 3.63) is 29.3 Å². The highest BCUT2D eigenvalue weighted by Crippen LogP contribution is 2.15. The van der Waals surface area contributed by atoms with Crippen LogP contribution in [0.15, 0.2) is 24.3 Å². The van der Waals surface area contributed by atoms with Gasteiger partial charge >= 0.3 is 0 Å². The van der Waals surface area contributed by atoms with E-state index in [0.29, 0.717) is 36.8 Å². The number of benzene rings is 1. The summed E-state index contributed by atoms with van der Waals surface area (Å²) in [5.74, 6) is 0.616. The van der Waals surface area contributed by atoms with Crippen LogP contribution >= 0.6 is 11.6 Å². The molecule has 0 aliphatic heterocycles. The van der Waals surface area contributed by atoms with Crippen LogP contribution in [0.1, 0.15) is 12.8 Å². The molecule has 0 unspecified atom stereocenters. The molecule has 1 amide bonds. The molecular formula is C12H16ClNO3. The molecule has 0 bridgehead atoms. The molecule has 1 aromatic rings. The maximum atomic E-state index is 11.3. The lowest BCUT2D eigenvalue weighted by Gasteiger charge is -2.06. The first-order chi connectivity index (χ1) is 8.22. The summed E-state index contributed by atoms with van der Waals surface area (Å²) >= 11 is 5.73. The van der Waals surface area contributed by atoms with Gasteiger partial charge < -0.3 is 15.2 Å². The lowest BCUT2D eigenvalue weighted by atomic mass is 10.3. The molecule has 0 fully saturated rings. The van der Waals surface area contributed by atoms with Crippen LogP contribution in [0.3, 0.4) is 0 Å². The van der Waals surface area contributed by atoms with Gasteiger partial charge in [-0.25, -0.2) is 0 Å². The largest absolute Gasteiger partial charge is 0.493 e. The van der Waals surface area contributed by atoms with E-state index < -0.39 is 0 Å². The molecule has 1 aromatic carbocycles. The minimum atomic E-state index is -0.0765. The van der Waals surface area contributed by atoms with Gasteiger partial charge in [-0.1, -0.05) is 11.6 Å². The summed E-state index contributed by atoms with van der Waals surface area (Å²) in [6, 6.07) is 6.98. The molecule has 0 aromatic heterocycles. The molecule has 0 spiro atoms. The molecule has 0 heterocycles. The van der Waals surface area contributed by atoms with Gasteiger partial charge in [0.25, 0.3) is 0 Å². The van der Waals surface area contributed by atoms with Crippen LogP contribution in [0.25, 0.3) is 0 Å². The Morgan fingerprint density at radius 3 is 2.71 bits per heavy atom. The zero-order valence-electron chi connectivity index (χ0n) is 9.49. The van der Waals surface area contributed by atoms with Crippen LogP contribution in [-0.4, -0.2) is 30.8 Å². The molecule has 0 saturated heterocycles. The zero-order chi connectivity index (χ0) is 12.5. The number of nitrogens with one attached hydrogen (secondary N) is 1. The molecule has 0 saturated carbocycles. The van der Waals surface area contributed by atoms with Gasteiger partial charge in [0.05, 0.1) is 13.0 Å². The third-order valence-corrected chi connectivity index (χ3v) is 2.32. The summed E-state index contributed by atoms with van der Waals surface area (Å²) < 4.78 is 5.37. The first-order valence-electron chi connectivity index (χ1n) is 5.48. The summed E-state index contributed by atoms with van der Waals surface area (Å²) in [4.78, 5) is 11.3. The van der Waals surface area contributed by atoms with Crippen LogP contribution in [0.5, 0.6) is 5.75 Å². The third-order valence-electron chi connectivity index (χ3n) is 2.07. The second-order valence-corrected chi connectivity index (χ2v) is 3.92. The Hall–Kier alpha value is -1.26. The molecule has 0 aliphatic carbocycles. The van der Waals surface area contributed by atoms with Gasteiger partial charge in [0.2, 0.25) is 5.91 Å². The van der Waals surface area contributed by atoms with E-state index in [1.54, 1.807) is 24.3 Å². The van der Waals surface area contributed by atoms with E-state index >= 15 is 0 Å². The highest BCUT2D eigenvalue weighted by Gasteiger charge is 2.01. The predicted octanol–water partition coefficient (Wildman–Crippen LogP) is 1.61. The standard InChI is InChI=1S/C12H16ClNO3/c13-10-2-4-11(5-3-10)17-9-6-12(16)14-7-1-8-15/h2-5,15H,1,6-9H2,(H,14,16). The first kappa shape index (κ1) is 13.8. The van der Waals surface area contributed by atoms with Crippen molar-refractivity contribution in [2.24, 2.45) is 0 Å². The van der Waals surface area contributed by atoms with E-state index in [-0.39, 0.29) is 12.5 Å². The maximum absolute atomic E-state index is 11.3. The molecule has 0 radical (unpaired) electrons. The Morgan fingerprint density at radius 1 is 1.35 bits per heavy atom. The zero-order valence-corrected chi connectivity index (χ0v) is 10.2. The Kier molecular flexibility index (Phi) is 6.43. The van der Waals surface area contributed by atoms with E-state index in [1.807, 2.05) is 0 Å². The van der Waals surface area contributed by atoms with Crippen LogP contribution in [-0.2, 0) is 4.79 Å². The molecule has 94 valence electrons. The summed E-state index contributed by atoms with van der Waals surface area (Å²) in [7, 11) is 0. The predicted molar refractivity (Wildman–Crippen MR) is 66.3 cm³/mol. The van der Waals surface area contributed by atoms with Crippen molar-refractivity contribution in [1.82, 2.24) is 5.32 Å². The second kappa shape index (κ2) is 7.92. The molecule has 5 heteroatoms. The Bertz CT molecular complexity index is 340. The smallest absolute Gasteiger partial charge is 0.223 e. The monoisotopic (exact) mass is 257 g/mol. The first-order valence-corrected chi connectivity index (χ1v) is 5.86. The SMILES string of the molecule is O=C(CCOc1ccc(Cl)cc1)NCCCO. The average Bonchev–Trinajstić information content (AvgIpc) is 2.32. The highest BCUT2D eigenvalue weighted by molar-refractivity contribution is 6.30. The Labute approximate surface area is 106 Å². The Balaban J connectivity index is 2.14. The minimum Gasteiger partial charge on any atom is -0.493 e. The number of hydrogen-bond acceptors (Lipinski definition) is 3. The van der Waals surface area contributed by atoms with Gasteiger partial charge in [0.15, 0.2) is 0 Å². The van der Waals surface area contributed by atoms with Crippen molar-refractivity contribution in [3.63, 3.8) is 0 Å². The van der Waals surface area contributed by atoms with Gasteiger partial charge in [0, 0.05) is 18.2 Å². The van der Waals surface area contributed by atoms with E-state index in [1.165, 1.54) is 0 Å². The lowest BCUT2D eigenvalue weighted by molar-refractivity contribution is -0.121. The highest BCUT2D eigenvalue weighted by atomic mass is 35.5. The number of carbonyl (C=O) groups is 1. The van der Waals surface area contributed by atoms with E-state index in [9.17, 15) is 4.79 Å². The molecule has 1 rings (SSSR count). The number of hydrogen-bond donors (Lipinski definition) is 2. The number of rotatable bonds is 7. The fourth-order valence-corrected chi connectivity index (χ4v) is 1.31. The quantitative estimate of drug-likeness (QED) is 0.730. The van der Waals surface area contributed by atoms with Crippen LogP contribution in [0, 0.1) is 0 Å². The molecule has 0 aliphatic rings. The van der Waals surface area contributed by atoms with Gasteiger partial charge in [-0.3, -0.25) is 4.79 Å². The summed E-state index contributed by atoms with van der Waals surface area (Å²) in [5.41, 5.74) is 0. The maximum Gasteiger partial charge on any atom is 0.223 e. The fourth-order valence-electron chi connectivity index (χ4n) is 1.19. The molecule has 17 heavy (non-hydrogen) atoms. The second-order valence-electron chi connectivity index (χ2n) is 3.48. The third kappa shape index (κ3) is 6.14. The van der Waals surface area contributed by atoms with E-state index in [4.69, 9.17) is 21.4 Å². The van der Waals surface area contributed by atoms with Gasteiger partial charge in [-0.05, 0) is 30.7 Å².